The molecule has 3 heterocycles. The van der Waals surface area contributed by atoms with Gasteiger partial charge >= 0.3 is 0 Å². The summed E-state index contributed by atoms with van der Waals surface area (Å²) in [5.41, 5.74) is 5.74. The average molecular weight is 311 g/mol. The maximum Gasteiger partial charge on any atom is 0.271 e. The molecule has 0 atom stereocenters. The number of H-pyrrole nitrogens is 1. The normalized spacial score (nSPS) is 11.1. The Balaban J connectivity index is 1.56. The third kappa shape index (κ3) is 3.26. The Morgan fingerprint density at radius 3 is 2.83 bits per heavy atom. The van der Waals surface area contributed by atoms with E-state index in [2.05, 4.69) is 20.5 Å². The number of pyridine rings is 1. The van der Waals surface area contributed by atoms with Crippen molar-refractivity contribution in [3.05, 3.63) is 52.7 Å². The number of nitrogens with one attached hydrogen (secondary N) is 2. The lowest BCUT2D eigenvalue weighted by Gasteiger charge is -2.03. The standard InChI is InChI=1S/C17H21N5O/c1-11-6-7-16-19-15(10-22(16)9-11)17(23)18-8-4-5-14-12(2)20-21-13(14)3/h6-7,9-10H,4-5,8H2,1-3H3,(H,18,23)(H,20,21). The van der Waals surface area contributed by atoms with Crippen molar-refractivity contribution in [3.8, 4) is 0 Å². The summed E-state index contributed by atoms with van der Waals surface area (Å²) in [6, 6.07) is 3.90. The highest BCUT2D eigenvalue weighted by molar-refractivity contribution is 5.92. The molecule has 0 spiro atoms. The van der Waals surface area contributed by atoms with E-state index in [0.29, 0.717) is 12.2 Å². The summed E-state index contributed by atoms with van der Waals surface area (Å²) in [7, 11) is 0. The van der Waals surface area contributed by atoms with Crippen LogP contribution in [0.4, 0.5) is 0 Å². The Morgan fingerprint density at radius 2 is 2.09 bits per heavy atom. The summed E-state index contributed by atoms with van der Waals surface area (Å²) in [6.07, 6.45) is 5.50. The number of aryl methyl sites for hydroxylation is 3. The van der Waals surface area contributed by atoms with Crippen molar-refractivity contribution in [1.29, 1.82) is 0 Å². The van der Waals surface area contributed by atoms with Gasteiger partial charge in [-0.15, -0.1) is 0 Å². The third-order valence-electron chi connectivity index (χ3n) is 4.00. The van der Waals surface area contributed by atoms with E-state index in [1.165, 1.54) is 5.56 Å². The summed E-state index contributed by atoms with van der Waals surface area (Å²) in [5.74, 6) is -0.132. The minimum Gasteiger partial charge on any atom is -0.351 e. The van der Waals surface area contributed by atoms with Crippen LogP contribution in [0.2, 0.25) is 0 Å². The van der Waals surface area contributed by atoms with Crippen molar-refractivity contribution < 1.29 is 4.79 Å². The van der Waals surface area contributed by atoms with Gasteiger partial charge in [-0.25, -0.2) is 4.98 Å². The first-order chi connectivity index (χ1) is 11.0. The van der Waals surface area contributed by atoms with Crippen molar-refractivity contribution in [2.45, 2.75) is 33.6 Å². The monoisotopic (exact) mass is 311 g/mol. The molecule has 6 nitrogen and oxygen atoms in total. The van der Waals surface area contributed by atoms with Crippen molar-refractivity contribution in [2.24, 2.45) is 0 Å². The van der Waals surface area contributed by atoms with Crippen molar-refractivity contribution in [3.63, 3.8) is 0 Å². The number of carbonyl (C=O) groups is 1. The minimum absolute atomic E-state index is 0.132. The SMILES string of the molecule is Cc1ccc2nc(C(=O)NCCCc3c(C)n[nH]c3C)cn2c1. The van der Waals surface area contributed by atoms with E-state index in [-0.39, 0.29) is 5.91 Å². The highest BCUT2D eigenvalue weighted by atomic mass is 16.1. The number of aromatic amines is 1. The summed E-state index contributed by atoms with van der Waals surface area (Å²) < 4.78 is 1.88. The van der Waals surface area contributed by atoms with E-state index < -0.39 is 0 Å². The number of hydrogen-bond acceptors (Lipinski definition) is 3. The topological polar surface area (TPSA) is 75.1 Å². The Hall–Kier alpha value is -2.63. The molecule has 120 valence electrons. The number of hydrogen-bond donors (Lipinski definition) is 2. The second-order valence-electron chi connectivity index (χ2n) is 5.87. The molecule has 0 aromatic carbocycles. The van der Waals surface area contributed by atoms with E-state index in [1.807, 2.05) is 43.5 Å². The van der Waals surface area contributed by atoms with Gasteiger partial charge in [-0.2, -0.15) is 5.10 Å². The molecule has 0 saturated carbocycles. The van der Waals surface area contributed by atoms with E-state index in [4.69, 9.17) is 0 Å². The molecule has 3 rings (SSSR count). The van der Waals surface area contributed by atoms with E-state index >= 15 is 0 Å². The second-order valence-corrected chi connectivity index (χ2v) is 5.87. The number of aromatic nitrogens is 4. The van der Waals surface area contributed by atoms with E-state index in [0.717, 1.165) is 35.4 Å². The van der Waals surface area contributed by atoms with Crippen LogP contribution < -0.4 is 5.32 Å². The Kier molecular flexibility index (Phi) is 4.14. The van der Waals surface area contributed by atoms with Crippen molar-refractivity contribution in [1.82, 2.24) is 24.9 Å². The summed E-state index contributed by atoms with van der Waals surface area (Å²) in [4.78, 5) is 16.5. The summed E-state index contributed by atoms with van der Waals surface area (Å²) >= 11 is 0. The van der Waals surface area contributed by atoms with Crippen LogP contribution in [0.15, 0.2) is 24.5 Å². The third-order valence-corrected chi connectivity index (χ3v) is 4.00. The fraction of sp³-hybridized carbons (Fsp3) is 0.353. The number of fused-ring (bicyclic) bond motifs is 1. The Morgan fingerprint density at radius 1 is 1.26 bits per heavy atom. The summed E-state index contributed by atoms with van der Waals surface area (Å²) in [5, 5.41) is 10.1. The average Bonchev–Trinajstić information content (AvgIpc) is 3.08. The molecule has 2 N–H and O–H groups in total. The Bertz CT molecular complexity index is 826. The lowest BCUT2D eigenvalue weighted by molar-refractivity contribution is 0.0949. The first-order valence-electron chi connectivity index (χ1n) is 7.78. The van der Waals surface area contributed by atoms with Gasteiger partial charge in [-0.3, -0.25) is 9.89 Å². The zero-order valence-electron chi connectivity index (χ0n) is 13.7. The zero-order chi connectivity index (χ0) is 16.4. The predicted octanol–water partition coefficient (Wildman–Crippen LogP) is 2.35. The van der Waals surface area contributed by atoms with Crippen LogP contribution in [0.5, 0.6) is 0 Å². The fourth-order valence-corrected chi connectivity index (χ4v) is 2.71. The lowest BCUT2D eigenvalue weighted by atomic mass is 10.1. The first-order valence-corrected chi connectivity index (χ1v) is 7.78. The smallest absolute Gasteiger partial charge is 0.271 e. The van der Waals surface area contributed by atoms with Gasteiger partial charge < -0.3 is 9.72 Å². The highest BCUT2D eigenvalue weighted by Gasteiger charge is 2.11. The molecule has 1 amide bonds. The van der Waals surface area contributed by atoms with Gasteiger partial charge in [-0.05, 0) is 50.8 Å². The van der Waals surface area contributed by atoms with Crippen LogP contribution >= 0.6 is 0 Å². The number of nitrogens with zero attached hydrogens (tertiary/aromatic N) is 3. The van der Waals surface area contributed by atoms with Gasteiger partial charge in [0, 0.05) is 24.6 Å². The molecule has 0 aliphatic carbocycles. The van der Waals surface area contributed by atoms with Gasteiger partial charge in [0.2, 0.25) is 0 Å². The molecule has 0 unspecified atom stereocenters. The van der Waals surface area contributed by atoms with E-state index in [1.54, 1.807) is 6.20 Å². The molecule has 3 aromatic rings. The lowest BCUT2D eigenvalue weighted by Crippen LogP contribution is -2.25. The predicted molar refractivity (Wildman–Crippen MR) is 88.6 cm³/mol. The number of amides is 1. The van der Waals surface area contributed by atoms with Gasteiger partial charge in [0.05, 0.1) is 5.69 Å². The molecule has 0 aliphatic heterocycles. The maximum absolute atomic E-state index is 12.2. The molecular formula is C17H21N5O. The second kappa shape index (κ2) is 6.24. The maximum atomic E-state index is 12.2. The molecule has 0 aliphatic rings. The van der Waals surface area contributed by atoms with Crippen LogP contribution in [0.25, 0.3) is 5.65 Å². The van der Waals surface area contributed by atoms with Crippen LogP contribution in [0.3, 0.4) is 0 Å². The van der Waals surface area contributed by atoms with Crippen LogP contribution in [0.1, 0.15) is 39.4 Å². The van der Waals surface area contributed by atoms with Crippen LogP contribution in [-0.4, -0.2) is 32.0 Å². The first kappa shape index (κ1) is 15.3. The quantitative estimate of drug-likeness (QED) is 0.710. The number of imidazole rings is 1. The Labute approximate surface area is 134 Å². The molecule has 6 heteroatoms. The zero-order valence-corrected chi connectivity index (χ0v) is 13.7. The molecule has 0 radical (unpaired) electrons. The molecule has 0 saturated heterocycles. The van der Waals surface area contributed by atoms with Gasteiger partial charge in [-0.1, -0.05) is 6.07 Å². The van der Waals surface area contributed by atoms with Crippen molar-refractivity contribution in [2.75, 3.05) is 6.54 Å². The molecule has 0 bridgehead atoms. The molecular weight excluding hydrogens is 290 g/mol. The number of carbonyl (C=O) groups excluding carboxylic acids is 1. The van der Waals surface area contributed by atoms with Gasteiger partial charge in [0.25, 0.3) is 5.91 Å². The highest BCUT2D eigenvalue weighted by Crippen LogP contribution is 2.11. The molecule has 23 heavy (non-hydrogen) atoms. The van der Waals surface area contributed by atoms with Crippen molar-refractivity contribution >= 4 is 11.6 Å². The van der Waals surface area contributed by atoms with Crippen LogP contribution in [-0.2, 0) is 6.42 Å². The largest absolute Gasteiger partial charge is 0.351 e. The van der Waals surface area contributed by atoms with E-state index in [9.17, 15) is 4.79 Å². The summed E-state index contributed by atoms with van der Waals surface area (Å²) in [6.45, 7) is 6.65. The molecule has 0 fully saturated rings. The minimum atomic E-state index is -0.132. The van der Waals surface area contributed by atoms with Gasteiger partial charge in [0.1, 0.15) is 11.3 Å². The van der Waals surface area contributed by atoms with Gasteiger partial charge in [0.15, 0.2) is 0 Å². The molecule has 3 aromatic heterocycles. The van der Waals surface area contributed by atoms with Crippen LogP contribution in [0, 0.1) is 20.8 Å². The fourth-order valence-electron chi connectivity index (χ4n) is 2.71. The number of rotatable bonds is 5.